The summed E-state index contributed by atoms with van der Waals surface area (Å²) in [5.74, 6) is 0.409. The Labute approximate surface area is 125 Å². The van der Waals surface area contributed by atoms with Crippen LogP contribution in [0, 0.1) is 0 Å². The second-order valence-corrected chi connectivity index (χ2v) is 4.65. The third-order valence-electron chi connectivity index (χ3n) is 2.86. The number of nitrogens with zero attached hydrogens (tertiary/aromatic N) is 1. The van der Waals surface area contributed by atoms with Crippen molar-refractivity contribution < 1.29 is 14.3 Å². The first-order valence-electron chi connectivity index (χ1n) is 6.90. The van der Waals surface area contributed by atoms with Crippen molar-refractivity contribution in [2.24, 2.45) is 0 Å². The zero-order valence-corrected chi connectivity index (χ0v) is 12.8. The van der Waals surface area contributed by atoms with E-state index < -0.39 is 0 Å². The van der Waals surface area contributed by atoms with Gasteiger partial charge >= 0.3 is 0 Å². The summed E-state index contributed by atoms with van der Waals surface area (Å²) >= 11 is 0. The van der Waals surface area contributed by atoms with Crippen molar-refractivity contribution in [3.05, 3.63) is 35.9 Å². The van der Waals surface area contributed by atoms with Gasteiger partial charge in [0, 0.05) is 19.7 Å². The largest absolute Gasteiger partial charge is 0.497 e. The molecular weight excluding hydrogens is 268 g/mol. The SMILES string of the molecule is CCCNC(=O)CN(C)C(=O)/C=C/c1ccc(OC)cc1. The molecule has 114 valence electrons. The molecule has 0 unspecified atom stereocenters. The van der Waals surface area contributed by atoms with Gasteiger partial charge in [-0.05, 0) is 30.2 Å². The van der Waals surface area contributed by atoms with Crippen LogP contribution in [0.2, 0.25) is 0 Å². The highest BCUT2D eigenvalue weighted by molar-refractivity contribution is 5.94. The van der Waals surface area contributed by atoms with E-state index in [1.54, 1.807) is 20.2 Å². The van der Waals surface area contributed by atoms with Gasteiger partial charge in [0.2, 0.25) is 11.8 Å². The molecule has 1 aromatic rings. The number of carbonyl (C=O) groups excluding carboxylic acids is 2. The summed E-state index contributed by atoms with van der Waals surface area (Å²) in [5, 5.41) is 2.73. The molecule has 0 aliphatic rings. The Morgan fingerprint density at radius 2 is 1.95 bits per heavy atom. The van der Waals surface area contributed by atoms with Crippen molar-refractivity contribution in [3.63, 3.8) is 0 Å². The number of hydrogen-bond donors (Lipinski definition) is 1. The number of rotatable bonds is 7. The fraction of sp³-hybridized carbons (Fsp3) is 0.375. The van der Waals surface area contributed by atoms with Crippen LogP contribution >= 0.6 is 0 Å². The standard InChI is InChI=1S/C16H22N2O3/c1-4-11-17-15(19)12-18(2)16(20)10-7-13-5-8-14(21-3)9-6-13/h5-10H,4,11-12H2,1-3H3,(H,17,19)/b10-7+. The normalized spacial score (nSPS) is 10.4. The van der Waals surface area contributed by atoms with Gasteiger partial charge in [-0.3, -0.25) is 9.59 Å². The molecular formula is C16H22N2O3. The smallest absolute Gasteiger partial charge is 0.246 e. The lowest BCUT2D eigenvalue weighted by molar-refractivity contribution is -0.131. The average molecular weight is 290 g/mol. The molecule has 1 rings (SSSR count). The second kappa shape index (κ2) is 8.79. The Bertz CT molecular complexity index is 495. The number of likely N-dealkylation sites (N-methyl/N-ethyl adjacent to an activating group) is 1. The maximum atomic E-state index is 11.9. The van der Waals surface area contributed by atoms with Gasteiger partial charge in [-0.2, -0.15) is 0 Å². The first-order valence-corrected chi connectivity index (χ1v) is 6.90. The Kier molecular flexibility index (Phi) is 7.01. The molecule has 21 heavy (non-hydrogen) atoms. The zero-order valence-electron chi connectivity index (χ0n) is 12.8. The zero-order chi connectivity index (χ0) is 15.7. The molecule has 5 heteroatoms. The first-order chi connectivity index (χ1) is 10.1. The maximum absolute atomic E-state index is 11.9. The fourth-order valence-electron chi connectivity index (χ4n) is 1.62. The van der Waals surface area contributed by atoms with Gasteiger partial charge < -0.3 is 15.0 Å². The summed E-state index contributed by atoms with van der Waals surface area (Å²) in [4.78, 5) is 24.8. The summed E-state index contributed by atoms with van der Waals surface area (Å²) in [6.07, 6.45) is 4.04. The van der Waals surface area contributed by atoms with Crippen LogP contribution in [0.15, 0.2) is 30.3 Å². The molecule has 0 saturated carbocycles. The summed E-state index contributed by atoms with van der Waals surface area (Å²) in [6.45, 7) is 2.67. The Morgan fingerprint density at radius 1 is 1.29 bits per heavy atom. The lowest BCUT2D eigenvalue weighted by atomic mass is 10.2. The minimum Gasteiger partial charge on any atom is -0.497 e. The van der Waals surface area contributed by atoms with E-state index in [1.807, 2.05) is 31.2 Å². The Balaban J connectivity index is 2.50. The molecule has 0 saturated heterocycles. The first kappa shape index (κ1) is 16.8. The van der Waals surface area contributed by atoms with Crippen molar-refractivity contribution in [3.8, 4) is 5.75 Å². The van der Waals surface area contributed by atoms with Crippen LogP contribution < -0.4 is 10.1 Å². The monoisotopic (exact) mass is 290 g/mol. The van der Waals surface area contributed by atoms with Gasteiger partial charge in [0.05, 0.1) is 13.7 Å². The van der Waals surface area contributed by atoms with Crippen molar-refractivity contribution >= 4 is 17.9 Å². The van der Waals surface area contributed by atoms with E-state index in [0.29, 0.717) is 6.54 Å². The van der Waals surface area contributed by atoms with E-state index in [9.17, 15) is 9.59 Å². The molecule has 2 amide bonds. The van der Waals surface area contributed by atoms with E-state index in [2.05, 4.69) is 5.32 Å². The van der Waals surface area contributed by atoms with Gasteiger partial charge in [0.1, 0.15) is 5.75 Å². The van der Waals surface area contributed by atoms with Crippen LogP contribution in [-0.2, 0) is 9.59 Å². The third kappa shape index (κ3) is 6.12. The van der Waals surface area contributed by atoms with Crippen LogP contribution in [0.4, 0.5) is 0 Å². The van der Waals surface area contributed by atoms with Crippen LogP contribution in [0.5, 0.6) is 5.75 Å². The highest BCUT2D eigenvalue weighted by atomic mass is 16.5. The molecule has 0 aliphatic carbocycles. The molecule has 1 aromatic carbocycles. The number of amides is 2. The van der Waals surface area contributed by atoms with Crippen LogP contribution in [0.3, 0.4) is 0 Å². The van der Waals surface area contributed by atoms with Gasteiger partial charge in [-0.25, -0.2) is 0 Å². The van der Waals surface area contributed by atoms with Crippen molar-refractivity contribution in [2.45, 2.75) is 13.3 Å². The number of benzene rings is 1. The topological polar surface area (TPSA) is 58.6 Å². The maximum Gasteiger partial charge on any atom is 0.246 e. The summed E-state index contributed by atoms with van der Waals surface area (Å²) in [5.41, 5.74) is 0.896. The molecule has 0 spiro atoms. The molecule has 0 atom stereocenters. The second-order valence-electron chi connectivity index (χ2n) is 4.65. The highest BCUT2D eigenvalue weighted by Crippen LogP contribution is 2.12. The number of methoxy groups -OCH3 is 1. The van der Waals surface area contributed by atoms with Crippen molar-refractivity contribution in [1.82, 2.24) is 10.2 Å². The van der Waals surface area contributed by atoms with E-state index >= 15 is 0 Å². The van der Waals surface area contributed by atoms with Crippen molar-refractivity contribution in [1.29, 1.82) is 0 Å². The summed E-state index contributed by atoms with van der Waals surface area (Å²) < 4.78 is 5.07. The number of hydrogen-bond acceptors (Lipinski definition) is 3. The van der Waals surface area contributed by atoms with Crippen LogP contribution in [0.1, 0.15) is 18.9 Å². The van der Waals surface area contributed by atoms with E-state index in [4.69, 9.17) is 4.74 Å². The Hall–Kier alpha value is -2.30. The predicted molar refractivity (Wildman–Crippen MR) is 83.0 cm³/mol. The fourth-order valence-corrected chi connectivity index (χ4v) is 1.62. The Morgan fingerprint density at radius 3 is 2.52 bits per heavy atom. The molecule has 0 aliphatic heterocycles. The molecule has 5 nitrogen and oxygen atoms in total. The predicted octanol–water partition coefficient (Wildman–Crippen LogP) is 1.69. The van der Waals surface area contributed by atoms with Gasteiger partial charge in [0.15, 0.2) is 0 Å². The summed E-state index contributed by atoms with van der Waals surface area (Å²) in [7, 11) is 3.21. The molecule has 0 aromatic heterocycles. The third-order valence-corrected chi connectivity index (χ3v) is 2.86. The van der Waals surface area contributed by atoms with Crippen LogP contribution in [0.25, 0.3) is 6.08 Å². The number of nitrogens with one attached hydrogen (secondary N) is 1. The molecule has 0 radical (unpaired) electrons. The molecule has 0 fully saturated rings. The van der Waals surface area contributed by atoms with E-state index in [-0.39, 0.29) is 18.4 Å². The lowest BCUT2D eigenvalue weighted by Crippen LogP contribution is -2.37. The molecule has 0 heterocycles. The van der Waals surface area contributed by atoms with Crippen molar-refractivity contribution in [2.75, 3.05) is 27.2 Å². The van der Waals surface area contributed by atoms with Crippen LogP contribution in [-0.4, -0.2) is 44.0 Å². The summed E-state index contributed by atoms with van der Waals surface area (Å²) in [6, 6.07) is 7.37. The number of carbonyl (C=O) groups is 2. The minimum atomic E-state index is -0.211. The van der Waals surface area contributed by atoms with E-state index in [0.717, 1.165) is 17.7 Å². The molecule has 0 bridgehead atoms. The average Bonchev–Trinajstić information content (AvgIpc) is 2.50. The van der Waals surface area contributed by atoms with Gasteiger partial charge in [0.25, 0.3) is 0 Å². The molecule has 1 N–H and O–H groups in total. The van der Waals surface area contributed by atoms with Gasteiger partial charge in [-0.15, -0.1) is 0 Å². The minimum absolute atomic E-state index is 0.0613. The van der Waals surface area contributed by atoms with E-state index in [1.165, 1.54) is 11.0 Å². The number of ether oxygens (including phenoxy) is 1. The van der Waals surface area contributed by atoms with Gasteiger partial charge in [-0.1, -0.05) is 19.1 Å². The highest BCUT2D eigenvalue weighted by Gasteiger charge is 2.09. The quantitative estimate of drug-likeness (QED) is 0.778. The lowest BCUT2D eigenvalue weighted by Gasteiger charge is -2.14.